The van der Waals surface area contributed by atoms with Gasteiger partial charge in [0.2, 0.25) is 0 Å². The molecule has 0 spiro atoms. The molecule has 48 heavy (non-hydrogen) atoms. The van der Waals surface area contributed by atoms with Gasteiger partial charge in [0.15, 0.2) is 0 Å². The van der Waals surface area contributed by atoms with Crippen molar-refractivity contribution in [2.45, 2.75) is 0 Å². The predicted octanol–water partition coefficient (Wildman–Crippen LogP) is 13.6. The topological polar surface area (TPSA) is 26.3 Å². The maximum absolute atomic E-state index is 7.03. The van der Waals surface area contributed by atoms with Crippen LogP contribution in [-0.4, -0.2) is 0 Å². The molecule has 0 amide bonds. The summed E-state index contributed by atoms with van der Waals surface area (Å²) in [7, 11) is 0. The standard InChI is InChI=1S/C46H22O2/c1-2-10-30-29(9-1)41-33-21-27-13-11-23-5-3-7-25-15-17-31(39(27)37(23)25)45(33)47-35-19-20-36-44(43(35)41)42(30)34-22-28-14-12-24-6-4-8-26-16-18-32(46(34)48-36)40(28)38(24)26/h1-22H. The molecule has 13 aromatic rings. The highest BCUT2D eigenvalue weighted by Crippen LogP contribution is 2.50. The first-order valence-electron chi connectivity index (χ1n) is 16.6. The summed E-state index contributed by atoms with van der Waals surface area (Å²) in [6.07, 6.45) is 0. The van der Waals surface area contributed by atoms with E-state index in [9.17, 15) is 0 Å². The number of benzene rings is 11. The van der Waals surface area contributed by atoms with Gasteiger partial charge in [-0.15, -0.1) is 0 Å². The molecule has 218 valence electrons. The number of hydrogen-bond donors (Lipinski definition) is 0. The van der Waals surface area contributed by atoms with E-state index in [-0.39, 0.29) is 0 Å². The zero-order valence-corrected chi connectivity index (χ0v) is 25.5. The van der Waals surface area contributed by atoms with E-state index < -0.39 is 0 Å². The smallest absolute Gasteiger partial charge is 0.143 e. The van der Waals surface area contributed by atoms with Crippen LogP contribution in [0.2, 0.25) is 0 Å². The van der Waals surface area contributed by atoms with Crippen LogP contribution in [0.3, 0.4) is 0 Å². The maximum Gasteiger partial charge on any atom is 0.143 e. The molecule has 11 aromatic carbocycles. The molecule has 2 aromatic heterocycles. The Hall–Kier alpha value is -6.38. The van der Waals surface area contributed by atoms with E-state index in [0.717, 1.165) is 54.6 Å². The van der Waals surface area contributed by atoms with Crippen LogP contribution in [-0.2, 0) is 0 Å². The van der Waals surface area contributed by atoms with E-state index in [1.165, 1.54) is 75.4 Å². The summed E-state index contributed by atoms with van der Waals surface area (Å²) in [4.78, 5) is 0. The van der Waals surface area contributed by atoms with Crippen molar-refractivity contribution >= 4 is 130 Å². The van der Waals surface area contributed by atoms with Crippen molar-refractivity contribution in [3.63, 3.8) is 0 Å². The third-order valence-electron chi connectivity index (χ3n) is 11.3. The molecule has 2 heteroatoms. The minimum absolute atomic E-state index is 0.878. The van der Waals surface area contributed by atoms with Crippen molar-refractivity contribution in [1.29, 1.82) is 0 Å². The van der Waals surface area contributed by atoms with Gasteiger partial charge in [-0.25, -0.2) is 0 Å². The molecule has 0 unspecified atom stereocenters. The first kappa shape index (κ1) is 23.9. The SMILES string of the molecule is c1cc2ccc3cc4c(oc5ccc6oc7c8ccc9cccc%10ccc(cc7c7c%11ccccc%11c4c5c67)c8c%109)c4ccc(c1)c2c34. The summed E-state index contributed by atoms with van der Waals surface area (Å²) < 4.78 is 14.1. The average Bonchev–Trinajstić information content (AvgIpc) is 3.14. The van der Waals surface area contributed by atoms with Gasteiger partial charge in [-0.1, -0.05) is 97.1 Å². The molecule has 0 aliphatic carbocycles. The van der Waals surface area contributed by atoms with Crippen LogP contribution in [0.15, 0.2) is 142 Å². The summed E-state index contributed by atoms with van der Waals surface area (Å²) in [5.41, 5.74) is 3.62. The van der Waals surface area contributed by atoms with E-state index >= 15 is 0 Å². The lowest BCUT2D eigenvalue weighted by Crippen LogP contribution is -1.93. The quantitative estimate of drug-likeness (QED) is 0.127. The second-order valence-electron chi connectivity index (χ2n) is 13.5. The van der Waals surface area contributed by atoms with E-state index in [0.29, 0.717) is 0 Å². The van der Waals surface area contributed by atoms with Gasteiger partial charge in [0.1, 0.15) is 22.3 Å². The van der Waals surface area contributed by atoms with Crippen molar-refractivity contribution in [2.75, 3.05) is 0 Å². The van der Waals surface area contributed by atoms with Crippen LogP contribution in [0.25, 0.3) is 130 Å². The lowest BCUT2D eigenvalue weighted by Gasteiger charge is -2.20. The summed E-state index contributed by atoms with van der Waals surface area (Å²) >= 11 is 0. The molecule has 0 saturated heterocycles. The van der Waals surface area contributed by atoms with Crippen molar-refractivity contribution < 1.29 is 8.83 Å². The Labute approximate surface area is 271 Å². The predicted molar refractivity (Wildman–Crippen MR) is 203 cm³/mol. The lowest BCUT2D eigenvalue weighted by molar-refractivity contribution is 0.658. The maximum atomic E-state index is 7.03. The molecule has 0 aliphatic rings. The van der Waals surface area contributed by atoms with Gasteiger partial charge in [-0.05, 0) is 90.3 Å². The molecule has 0 bridgehead atoms. The lowest BCUT2D eigenvalue weighted by atomic mass is 9.87. The fraction of sp³-hybridized carbons (Fsp3) is 0. The fourth-order valence-electron chi connectivity index (χ4n) is 9.36. The largest absolute Gasteiger partial charge is 0.455 e. The highest BCUT2D eigenvalue weighted by atomic mass is 16.3. The normalized spacial score (nSPS) is 13.0. The minimum atomic E-state index is 0.878. The van der Waals surface area contributed by atoms with Gasteiger partial charge in [-0.2, -0.15) is 0 Å². The first-order valence-corrected chi connectivity index (χ1v) is 16.6. The van der Waals surface area contributed by atoms with E-state index in [1.54, 1.807) is 0 Å². The van der Waals surface area contributed by atoms with E-state index in [4.69, 9.17) is 8.83 Å². The Morgan fingerprint density at radius 2 is 0.667 bits per heavy atom. The Morgan fingerprint density at radius 3 is 1.12 bits per heavy atom. The third kappa shape index (κ3) is 2.64. The van der Waals surface area contributed by atoms with Crippen LogP contribution in [0.4, 0.5) is 0 Å². The molecule has 0 N–H and O–H groups in total. The Bertz CT molecular complexity index is 3290. The minimum Gasteiger partial charge on any atom is -0.455 e. The van der Waals surface area contributed by atoms with Crippen molar-refractivity contribution in [1.82, 2.24) is 0 Å². The molecule has 2 heterocycles. The zero-order chi connectivity index (χ0) is 30.8. The summed E-state index contributed by atoms with van der Waals surface area (Å²) in [5.74, 6) is 0. The second-order valence-corrected chi connectivity index (χ2v) is 13.5. The van der Waals surface area contributed by atoms with E-state index in [1.807, 2.05) is 0 Å². The monoisotopic (exact) mass is 606 g/mol. The first-order chi connectivity index (χ1) is 23.8. The molecule has 0 fully saturated rings. The van der Waals surface area contributed by atoms with Crippen LogP contribution < -0.4 is 0 Å². The molecule has 0 aliphatic heterocycles. The second kappa shape index (κ2) is 7.94. The van der Waals surface area contributed by atoms with Gasteiger partial charge < -0.3 is 8.83 Å². The van der Waals surface area contributed by atoms with Gasteiger partial charge in [-0.3, -0.25) is 0 Å². The number of rotatable bonds is 0. The highest BCUT2D eigenvalue weighted by Gasteiger charge is 2.24. The van der Waals surface area contributed by atoms with Crippen LogP contribution in [0.1, 0.15) is 0 Å². The van der Waals surface area contributed by atoms with Crippen LogP contribution >= 0.6 is 0 Å². The molecule has 0 atom stereocenters. The highest BCUT2D eigenvalue weighted by molar-refractivity contribution is 6.43. The third-order valence-corrected chi connectivity index (χ3v) is 11.3. The van der Waals surface area contributed by atoms with Crippen molar-refractivity contribution in [3.05, 3.63) is 133 Å². The fourth-order valence-corrected chi connectivity index (χ4v) is 9.36. The Balaban J connectivity index is 1.30. The zero-order valence-electron chi connectivity index (χ0n) is 25.5. The van der Waals surface area contributed by atoms with Crippen LogP contribution in [0.5, 0.6) is 0 Å². The summed E-state index contributed by atoms with van der Waals surface area (Å²) in [6.45, 7) is 0. The van der Waals surface area contributed by atoms with Crippen molar-refractivity contribution in [2.24, 2.45) is 0 Å². The molecular weight excluding hydrogens is 585 g/mol. The van der Waals surface area contributed by atoms with Gasteiger partial charge in [0.25, 0.3) is 0 Å². The van der Waals surface area contributed by atoms with Crippen LogP contribution in [0, 0.1) is 0 Å². The molecule has 13 rings (SSSR count). The number of fused-ring (bicyclic) bond motifs is 9. The van der Waals surface area contributed by atoms with Gasteiger partial charge in [0.05, 0.1) is 0 Å². The molecular formula is C46H22O2. The molecule has 0 saturated carbocycles. The van der Waals surface area contributed by atoms with Gasteiger partial charge in [0, 0.05) is 53.9 Å². The number of hydrogen-bond acceptors (Lipinski definition) is 2. The summed E-state index contributed by atoms with van der Waals surface area (Å²) in [5, 5.41) is 24.3. The Kier molecular flexibility index (Phi) is 3.95. The van der Waals surface area contributed by atoms with E-state index in [2.05, 4.69) is 133 Å². The molecule has 2 nitrogen and oxygen atoms in total. The molecule has 0 radical (unpaired) electrons. The van der Waals surface area contributed by atoms with Gasteiger partial charge >= 0.3 is 0 Å². The Morgan fingerprint density at radius 1 is 0.250 bits per heavy atom. The average molecular weight is 607 g/mol. The summed E-state index contributed by atoms with van der Waals surface area (Å²) in [6, 6.07) is 49.0. The van der Waals surface area contributed by atoms with Crippen molar-refractivity contribution in [3.8, 4) is 0 Å².